The van der Waals surface area contributed by atoms with Crippen molar-refractivity contribution in [1.82, 2.24) is 0 Å². The minimum Gasteiger partial charge on any atom is -0.480 e. The number of hydrogen-bond donors (Lipinski definition) is 2. The summed E-state index contributed by atoms with van der Waals surface area (Å²) in [5.74, 6) is -1.12. The first-order valence-corrected chi connectivity index (χ1v) is 6.05. The van der Waals surface area contributed by atoms with Gasteiger partial charge in [0.2, 0.25) is 0 Å². The van der Waals surface area contributed by atoms with E-state index in [4.69, 9.17) is 5.11 Å². The Hall–Kier alpha value is -1.96. The van der Waals surface area contributed by atoms with Gasteiger partial charge in [0, 0.05) is 17.2 Å². The van der Waals surface area contributed by atoms with Gasteiger partial charge in [-0.2, -0.15) is 0 Å². The predicted molar refractivity (Wildman–Crippen MR) is 61.6 cm³/mol. The van der Waals surface area contributed by atoms with Gasteiger partial charge in [0.05, 0.1) is 15.7 Å². The molecule has 1 atom stereocenters. The lowest BCUT2D eigenvalue weighted by atomic mass is 10.2. The van der Waals surface area contributed by atoms with Crippen LogP contribution in [0.25, 0.3) is 0 Å². The number of carboxylic acids is 1. The molecule has 92 valence electrons. The Morgan fingerprint density at radius 2 is 2.24 bits per heavy atom. The maximum atomic E-state index is 11.2. The SMILES string of the molecule is CS(=O)c1ccc(NCC(=O)O)c([N+](=O)[O-])c1. The second-order valence-corrected chi connectivity index (χ2v) is 4.52. The molecule has 0 spiro atoms. The molecule has 8 heteroatoms. The van der Waals surface area contributed by atoms with E-state index < -0.39 is 28.2 Å². The third-order valence-electron chi connectivity index (χ3n) is 1.93. The molecule has 0 aliphatic rings. The summed E-state index contributed by atoms with van der Waals surface area (Å²) < 4.78 is 11.2. The molecule has 0 aliphatic carbocycles. The zero-order valence-corrected chi connectivity index (χ0v) is 9.69. The van der Waals surface area contributed by atoms with Gasteiger partial charge in [0.15, 0.2) is 0 Å². The van der Waals surface area contributed by atoms with Crippen molar-refractivity contribution < 1.29 is 19.0 Å². The molecule has 17 heavy (non-hydrogen) atoms. The molecule has 0 heterocycles. The Balaban J connectivity index is 3.08. The molecule has 0 aliphatic heterocycles. The summed E-state index contributed by atoms with van der Waals surface area (Å²) in [7, 11) is -1.33. The van der Waals surface area contributed by atoms with Crippen LogP contribution in [0.3, 0.4) is 0 Å². The summed E-state index contributed by atoms with van der Waals surface area (Å²) >= 11 is 0. The highest BCUT2D eigenvalue weighted by molar-refractivity contribution is 7.84. The topological polar surface area (TPSA) is 110 Å². The first-order valence-electron chi connectivity index (χ1n) is 4.49. The number of nitro groups is 1. The minimum atomic E-state index is -1.33. The zero-order valence-electron chi connectivity index (χ0n) is 8.87. The lowest BCUT2D eigenvalue weighted by Crippen LogP contribution is -2.13. The second kappa shape index (κ2) is 5.39. The van der Waals surface area contributed by atoms with E-state index in [1.807, 2.05) is 0 Å². The first-order chi connectivity index (χ1) is 7.91. The van der Waals surface area contributed by atoms with Crippen LogP contribution in [-0.4, -0.2) is 33.0 Å². The van der Waals surface area contributed by atoms with Crippen molar-refractivity contribution in [3.63, 3.8) is 0 Å². The maximum absolute atomic E-state index is 11.2. The lowest BCUT2D eigenvalue weighted by Gasteiger charge is -2.05. The van der Waals surface area contributed by atoms with E-state index in [2.05, 4.69) is 5.32 Å². The van der Waals surface area contributed by atoms with Crippen LogP contribution in [0, 0.1) is 10.1 Å². The molecule has 0 amide bonds. The molecule has 1 aromatic carbocycles. The van der Waals surface area contributed by atoms with Crippen molar-refractivity contribution in [2.75, 3.05) is 18.1 Å². The number of nitro benzene ring substituents is 1. The highest BCUT2D eigenvalue weighted by Crippen LogP contribution is 2.26. The van der Waals surface area contributed by atoms with Gasteiger partial charge in [-0.15, -0.1) is 0 Å². The van der Waals surface area contributed by atoms with Crippen molar-refractivity contribution in [2.24, 2.45) is 0 Å². The fraction of sp³-hybridized carbons (Fsp3) is 0.222. The van der Waals surface area contributed by atoms with Crippen molar-refractivity contribution in [3.8, 4) is 0 Å². The van der Waals surface area contributed by atoms with E-state index in [1.54, 1.807) is 0 Å². The number of rotatable bonds is 5. The number of nitrogens with zero attached hydrogens (tertiary/aromatic N) is 1. The molecule has 0 fully saturated rings. The molecule has 0 saturated carbocycles. The van der Waals surface area contributed by atoms with Crippen LogP contribution in [0.15, 0.2) is 23.1 Å². The van der Waals surface area contributed by atoms with Gasteiger partial charge in [0.25, 0.3) is 5.69 Å². The van der Waals surface area contributed by atoms with E-state index in [9.17, 15) is 19.1 Å². The molecule has 0 bridgehead atoms. The summed E-state index contributed by atoms with van der Waals surface area (Å²) in [5.41, 5.74) is -0.203. The molecule has 1 unspecified atom stereocenters. The highest BCUT2D eigenvalue weighted by Gasteiger charge is 2.16. The standard InChI is InChI=1S/C9H10N2O5S/c1-17(16)6-2-3-7(10-5-9(12)13)8(4-6)11(14)15/h2-4,10H,5H2,1H3,(H,12,13). The Labute approximate surface area is 99.1 Å². The summed E-state index contributed by atoms with van der Waals surface area (Å²) in [4.78, 5) is 20.8. The van der Waals surface area contributed by atoms with Gasteiger partial charge in [0.1, 0.15) is 12.2 Å². The van der Waals surface area contributed by atoms with Crippen LogP contribution < -0.4 is 5.32 Å². The maximum Gasteiger partial charge on any atom is 0.322 e. The van der Waals surface area contributed by atoms with Crippen molar-refractivity contribution in [1.29, 1.82) is 0 Å². The highest BCUT2D eigenvalue weighted by atomic mass is 32.2. The zero-order chi connectivity index (χ0) is 13.0. The van der Waals surface area contributed by atoms with Crippen LogP contribution >= 0.6 is 0 Å². The van der Waals surface area contributed by atoms with Gasteiger partial charge in [-0.1, -0.05) is 0 Å². The second-order valence-electron chi connectivity index (χ2n) is 3.14. The van der Waals surface area contributed by atoms with Gasteiger partial charge >= 0.3 is 5.97 Å². The molecule has 2 N–H and O–H groups in total. The van der Waals surface area contributed by atoms with Crippen LogP contribution in [0.5, 0.6) is 0 Å². The largest absolute Gasteiger partial charge is 0.480 e. The normalized spacial score (nSPS) is 11.8. The number of carbonyl (C=O) groups is 1. The van der Waals surface area contributed by atoms with Gasteiger partial charge in [-0.3, -0.25) is 19.1 Å². The van der Waals surface area contributed by atoms with Crippen molar-refractivity contribution in [3.05, 3.63) is 28.3 Å². The first kappa shape index (κ1) is 13.1. The predicted octanol–water partition coefficient (Wildman–Crippen LogP) is 0.829. The van der Waals surface area contributed by atoms with E-state index in [0.29, 0.717) is 4.90 Å². The van der Waals surface area contributed by atoms with Gasteiger partial charge in [-0.05, 0) is 12.1 Å². The summed E-state index contributed by atoms with van der Waals surface area (Å²) in [6.07, 6.45) is 1.41. The number of carboxylic acid groups (broad SMARTS) is 1. The minimum absolute atomic E-state index is 0.0894. The fourth-order valence-corrected chi connectivity index (χ4v) is 1.70. The number of aliphatic carboxylic acids is 1. The van der Waals surface area contributed by atoms with E-state index in [0.717, 1.165) is 0 Å². The molecular formula is C9H10N2O5S. The Morgan fingerprint density at radius 1 is 1.59 bits per heavy atom. The molecule has 0 aromatic heterocycles. The average Bonchev–Trinajstić information content (AvgIpc) is 2.25. The van der Waals surface area contributed by atoms with Gasteiger partial charge in [-0.25, -0.2) is 0 Å². The molecule has 1 rings (SSSR count). The summed E-state index contributed by atoms with van der Waals surface area (Å²) in [5, 5.41) is 21.6. The van der Waals surface area contributed by atoms with E-state index in [1.165, 1.54) is 24.5 Å². The number of nitrogens with one attached hydrogen (secondary N) is 1. The van der Waals surface area contributed by atoms with Crippen LogP contribution in [-0.2, 0) is 15.6 Å². The number of hydrogen-bond acceptors (Lipinski definition) is 5. The molecular weight excluding hydrogens is 248 g/mol. The summed E-state index contributed by atoms with van der Waals surface area (Å²) in [6, 6.07) is 3.96. The number of anilines is 1. The van der Waals surface area contributed by atoms with E-state index in [-0.39, 0.29) is 11.4 Å². The lowest BCUT2D eigenvalue weighted by molar-refractivity contribution is -0.384. The van der Waals surface area contributed by atoms with Gasteiger partial charge < -0.3 is 10.4 Å². The van der Waals surface area contributed by atoms with E-state index >= 15 is 0 Å². The molecule has 7 nitrogen and oxygen atoms in total. The monoisotopic (exact) mass is 258 g/mol. The Bertz CT molecular complexity index is 488. The Kier molecular flexibility index (Phi) is 4.16. The van der Waals surface area contributed by atoms with Crippen LogP contribution in [0.2, 0.25) is 0 Å². The summed E-state index contributed by atoms with van der Waals surface area (Å²) in [6.45, 7) is -0.421. The molecule has 1 aromatic rings. The smallest absolute Gasteiger partial charge is 0.322 e. The van der Waals surface area contributed by atoms with Crippen molar-refractivity contribution >= 4 is 28.1 Å². The molecule has 0 radical (unpaired) electrons. The number of benzene rings is 1. The third-order valence-corrected chi connectivity index (χ3v) is 2.85. The quantitative estimate of drug-likeness (QED) is 0.598. The Morgan fingerprint density at radius 3 is 2.71 bits per heavy atom. The average molecular weight is 258 g/mol. The fourth-order valence-electron chi connectivity index (χ4n) is 1.16. The van der Waals surface area contributed by atoms with Crippen LogP contribution in [0.4, 0.5) is 11.4 Å². The van der Waals surface area contributed by atoms with Crippen molar-refractivity contribution in [2.45, 2.75) is 4.90 Å². The third kappa shape index (κ3) is 3.52. The molecule has 0 saturated heterocycles. The van der Waals surface area contributed by atoms with Crippen LogP contribution in [0.1, 0.15) is 0 Å².